The monoisotopic (exact) mass is 338 g/mol. The summed E-state index contributed by atoms with van der Waals surface area (Å²) in [5.41, 5.74) is 1.99. The molecule has 0 radical (unpaired) electrons. The normalized spacial score (nSPS) is 10.4. The van der Waals surface area contributed by atoms with Crippen molar-refractivity contribution in [1.29, 1.82) is 0 Å². The van der Waals surface area contributed by atoms with Crippen LogP contribution in [0.2, 0.25) is 0 Å². The molecule has 25 heavy (non-hydrogen) atoms. The van der Waals surface area contributed by atoms with E-state index in [1.54, 1.807) is 19.1 Å². The minimum absolute atomic E-state index is 0.245. The third kappa shape index (κ3) is 4.11. The van der Waals surface area contributed by atoms with Crippen molar-refractivity contribution in [3.63, 3.8) is 0 Å². The van der Waals surface area contributed by atoms with Crippen LogP contribution in [0.1, 0.15) is 16.2 Å². The van der Waals surface area contributed by atoms with E-state index in [1.807, 2.05) is 43.3 Å². The second kappa shape index (κ2) is 7.00. The molecular weight excluding hydrogens is 320 g/mol. The molecule has 0 atom stereocenters. The Morgan fingerprint density at radius 1 is 1.16 bits per heavy atom. The fraction of sp³-hybridized carbons (Fsp3) is 0.176. The summed E-state index contributed by atoms with van der Waals surface area (Å²) in [5.74, 6) is 1.09. The van der Waals surface area contributed by atoms with Crippen LogP contribution in [0.15, 0.2) is 47.1 Å². The quantitative estimate of drug-likeness (QED) is 0.738. The van der Waals surface area contributed by atoms with Crippen molar-refractivity contribution in [2.45, 2.75) is 6.92 Å². The predicted octanol–water partition coefficient (Wildman–Crippen LogP) is 2.83. The SMILES string of the molecule is Cc1cc(Nc2nccc(C(=O)Nc3ccc(N(C)C)cc3)n2)no1. The minimum atomic E-state index is -0.320. The van der Waals surface area contributed by atoms with Gasteiger partial charge in [0.05, 0.1) is 0 Å². The number of carbonyl (C=O) groups excluding carboxylic acids is 1. The Morgan fingerprint density at radius 2 is 1.92 bits per heavy atom. The molecule has 0 saturated heterocycles. The van der Waals surface area contributed by atoms with Crippen LogP contribution >= 0.6 is 0 Å². The molecule has 0 aliphatic heterocycles. The lowest BCUT2D eigenvalue weighted by molar-refractivity contribution is 0.102. The van der Waals surface area contributed by atoms with Gasteiger partial charge < -0.3 is 20.1 Å². The van der Waals surface area contributed by atoms with Crippen LogP contribution in [0, 0.1) is 6.92 Å². The molecule has 0 spiro atoms. The first kappa shape index (κ1) is 16.4. The van der Waals surface area contributed by atoms with Gasteiger partial charge in [0.1, 0.15) is 11.5 Å². The van der Waals surface area contributed by atoms with Gasteiger partial charge in [-0.25, -0.2) is 9.97 Å². The molecule has 3 rings (SSSR count). The van der Waals surface area contributed by atoms with Gasteiger partial charge in [0, 0.05) is 37.7 Å². The van der Waals surface area contributed by atoms with Gasteiger partial charge in [-0.1, -0.05) is 5.16 Å². The van der Waals surface area contributed by atoms with Gasteiger partial charge in [0.25, 0.3) is 5.91 Å². The Bertz CT molecular complexity index is 873. The third-order valence-electron chi connectivity index (χ3n) is 3.40. The summed E-state index contributed by atoms with van der Waals surface area (Å²) >= 11 is 0. The number of aryl methyl sites for hydroxylation is 1. The highest BCUT2D eigenvalue weighted by molar-refractivity contribution is 6.03. The summed E-state index contributed by atoms with van der Waals surface area (Å²) in [6.07, 6.45) is 1.51. The molecule has 0 bridgehead atoms. The average Bonchev–Trinajstić information content (AvgIpc) is 3.00. The van der Waals surface area contributed by atoms with Crippen LogP contribution in [0.3, 0.4) is 0 Å². The first-order chi connectivity index (χ1) is 12.0. The molecular formula is C17H18N6O2. The molecule has 0 aliphatic carbocycles. The Hall–Kier alpha value is -3.42. The highest BCUT2D eigenvalue weighted by Crippen LogP contribution is 2.17. The Morgan fingerprint density at radius 3 is 2.56 bits per heavy atom. The van der Waals surface area contributed by atoms with Crippen molar-refractivity contribution in [3.8, 4) is 0 Å². The molecule has 8 nitrogen and oxygen atoms in total. The predicted molar refractivity (Wildman–Crippen MR) is 95.3 cm³/mol. The van der Waals surface area contributed by atoms with Crippen molar-refractivity contribution in [2.24, 2.45) is 0 Å². The van der Waals surface area contributed by atoms with Gasteiger partial charge in [-0.2, -0.15) is 0 Å². The molecule has 1 aromatic carbocycles. The van der Waals surface area contributed by atoms with Crippen LogP contribution in [0.4, 0.5) is 23.1 Å². The number of hydrogen-bond acceptors (Lipinski definition) is 7. The van der Waals surface area contributed by atoms with Crippen molar-refractivity contribution in [3.05, 3.63) is 54.0 Å². The molecule has 0 saturated carbocycles. The summed E-state index contributed by atoms with van der Waals surface area (Å²) in [6, 6.07) is 10.8. The van der Waals surface area contributed by atoms with Crippen LogP contribution in [0.25, 0.3) is 0 Å². The van der Waals surface area contributed by atoms with E-state index in [2.05, 4.69) is 25.8 Å². The standard InChI is InChI=1S/C17H18N6O2/c1-11-10-15(22-25-11)21-17-18-9-8-14(20-17)16(24)19-12-4-6-13(7-5-12)23(2)3/h4-10H,1-3H3,(H,19,24)(H,18,20,21,22). The molecule has 0 fully saturated rings. The maximum absolute atomic E-state index is 12.4. The van der Waals surface area contributed by atoms with Crippen LogP contribution in [0.5, 0.6) is 0 Å². The topological polar surface area (TPSA) is 96.2 Å². The molecule has 2 N–H and O–H groups in total. The van der Waals surface area contributed by atoms with Gasteiger partial charge in [-0.05, 0) is 37.3 Å². The Balaban J connectivity index is 1.70. The van der Waals surface area contributed by atoms with E-state index in [0.29, 0.717) is 17.3 Å². The fourth-order valence-electron chi connectivity index (χ4n) is 2.12. The number of aromatic nitrogens is 3. The van der Waals surface area contributed by atoms with Gasteiger partial charge in [-0.3, -0.25) is 4.79 Å². The largest absolute Gasteiger partial charge is 0.378 e. The molecule has 0 aliphatic rings. The van der Waals surface area contributed by atoms with Crippen molar-refractivity contribution >= 4 is 29.0 Å². The number of rotatable bonds is 5. The second-order valence-corrected chi connectivity index (χ2v) is 5.61. The summed E-state index contributed by atoms with van der Waals surface area (Å²) in [4.78, 5) is 22.6. The molecule has 128 valence electrons. The van der Waals surface area contributed by atoms with E-state index < -0.39 is 0 Å². The fourth-order valence-corrected chi connectivity index (χ4v) is 2.12. The third-order valence-corrected chi connectivity index (χ3v) is 3.40. The summed E-state index contributed by atoms with van der Waals surface area (Å²) in [7, 11) is 3.92. The first-order valence-electron chi connectivity index (χ1n) is 7.63. The van der Waals surface area contributed by atoms with Gasteiger partial charge in [0.2, 0.25) is 5.95 Å². The van der Waals surface area contributed by atoms with Gasteiger partial charge >= 0.3 is 0 Å². The van der Waals surface area contributed by atoms with Crippen LogP contribution in [-0.4, -0.2) is 35.1 Å². The van der Waals surface area contributed by atoms with Crippen LogP contribution < -0.4 is 15.5 Å². The maximum Gasteiger partial charge on any atom is 0.274 e. The highest BCUT2D eigenvalue weighted by atomic mass is 16.5. The van der Waals surface area contributed by atoms with E-state index >= 15 is 0 Å². The van der Waals surface area contributed by atoms with E-state index in [4.69, 9.17) is 4.52 Å². The molecule has 2 heterocycles. The zero-order chi connectivity index (χ0) is 17.8. The van der Waals surface area contributed by atoms with E-state index in [0.717, 1.165) is 5.69 Å². The molecule has 2 aromatic heterocycles. The number of nitrogens with one attached hydrogen (secondary N) is 2. The Labute approximate surface area is 144 Å². The lowest BCUT2D eigenvalue weighted by Crippen LogP contribution is -2.15. The van der Waals surface area contributed by atoms with Crippen molar-refractivity contribution < 1.29 is 9.32 Å². The number of anilines is 4. The number of amides is 1. The smallest absolute Gasteiger partial charge is 0.274 e. The molecule has 0 unspecified atom stereocenters. The van der Waals surface area contributed by atoms with E-state index in [9.17, 15) is 4.79 Å². The zero-order valence-corrected chi connectivity index (χ0v) is 14.1. The summed E-state index contributed by atoms with van der Waals surface area (Å²) < 4.78 is 4.97. The number of benzene rings is 1. The second-order valence-electron chi connectivity index (χ2n) is 5.61. The highest BCUT2D eigenvalue weighted by Gasteiger charge is 2.10. The number of carbonyl (C=O) groups is 1. The first-order valence-corrected chi connectivity index (χ1v) is 7.63. The maximum atomic E-state index is 12.4. The molecule has 3 aromatic rings. The van der Waals surface area contributed by atoms with E-state index in [-0.39, 0.29) is 17.5 Å². The lowest BCUT2D eigenvalue weighted by atomic mass is 10.2. The summed E-state index contributed by atoms with van der Waals surface area (Å²) in [5, 5.41) is 9.51. The summed E-state index contributed by atoms with van der Waals surface area (Å²) in [6.45, 7) is 1.78. The van der Waals surface area contributed by atoms with Crippen molar-refractivity contribution in [2.75, 3.05) is 29.6 Å². The van der Waals surface area contributed by atoms with Gasteiger partial charge in [-0.15, -0.1) is 0 Å². The lowest BCUT2D eigenvalue weighted by Gasteiger charge is -2.13. The zero-order valence-electron chi connectivity index (χ0n) is 14.1. The van der Waals surface area contributed by atoms with E-state index in [1.165, 1.54) is 6.20 Å². The van der Waals surface area contributed by atoms with Crippen LogP contribution in [-0.2, 0) is 0 Å². The molecule has 1 amide bonds. The average molecular weight is 338 g/mol. The van der Waals surface area contributed by atoms with Crippen molar-refractivity contribution in [1.82, 2.24) is 15.1 Å². The van der Waals surface area contributed by atoms with Gasteiger partial charge in [0.15, 0.2) is 5.82 Å². The molecule has 8 heteroatoms. The minimum Gasteiger partial charge on any atom is -0.378 e. The number of hydrogen-bond donors (Lipinski definition) is 2. The Kier molecular flexibility index (Phi) is 4.60. The number of nitrogens with zero attached hydrogens (tertiary/aromatic N) is 4.